The summed E-state index contributed by atoms with van der Waals surface area (Å²) in [6.45, 7) is 8.24. The van der Waals surface area contributed by atoms with Crippen molar-refractivity contribution < 1.29 is 0 Å². The van der Waals surface area contributed by atoms with E-state index in [2.05, 4.69) is 54.6 Å². The van der Waals surface area contributed by atoms with Crippen molar-refractivity contribution in [1.29, 1.82) is 0 Å². The van der Waals surface area contributed by atoms with Crippen LogP contribution in [0.25, 0.3) is 12.7 Å². The minimum Gasteiger partial charge on any atom is -0.347 e. The maximum absolute atomic E-state index is 4.04. The van der Waals surface area contributed by atoms with Gasteiger partial charge in [-0.1, -0.05) is 18.7 Å². The average Bonchev–Trinajstić information content (AvgIpc) is 2.57. The van der Waals surface area contributed by atoms with Crippen LogP contribution in [0.5, 0.6) is 0 Å². The second-order valence-electron chi connectivity index (χ2n) is 4.27. The van der Waals surface area contributed by atoms with Gasteiger partial charge in [0.25, 0.3) is 0 Å². The van der Waals surface area contributed by atoms with Crippen LogP contribution in [0.2, 0.25) is 0 Å². The highest BCUT2D eigenvalue weighted by Gasteiger charge is 1.95. The zero-order chi connectivity index (χ0) is 12.0. The van der Waals surface area contributed by atoms with Gasteiger partial charge < -0.3 is 9.47 Å². The Hall–Kier alpha value is -1.28. The minimum atomic E-state index is 1.05. The lowest BCUT2D eigenvalue weighted by Crippen LogP contribution is -2.28. The molecule has 0 aliphatic heterocycles. The fraction of sp³-hybridized carbons (Fsp3) is 0.429. The van der Waals surface area contributed by atoms with Gasteiger partial charge in [-0.2, -0.15) is 0 Å². The van der Waals surface area contributed by atoms with Crippen LogP contribution >= 0.6 is 0 Å². The molecule has 0 fully saturated rings. The van der Waals surface area contributed by atoms with Crippen molar-refractivity contribution in [1.82, 2.24) is 9.47 Å². The van der Waals surface area contributed by atoms with E-state index >= 15 is 0 Å². The highest BCUT2D eigenvalue weighted by Crippen LogP contribution is 1.88. The molecule has 16 heavy (non-hydrogen) atoms. The molecule has 0 saturated heterocycles. The molecule has 0 radical (unpaired) electrons. The summed E-state index contributed by atoms with van der Waals surface area (Å²) in [5.74, 6) is 0. The van der Waals surface area contributed by atoms with E-state index < -0.39 is 0 Å². The molecule has 88 valence electrons. The van der Waals surface area contributed by atoms with Crippen molar-refractivity contribution in [2.45, 2.75) is 19.9 Å². The third-order valence-electron chi connectivity index (χ3n) is 2.54. The number of aryl methyl sites for hydroxylation is 1. The number of hydrogen-bond acceptors (Lipinski definition) is 1. The normalized spacial score (nSPS) is 13.1. The van der Waals surface area contributed by atoms with Gasteiger partial charge in [-0.3, -0.25) is 0 Å². The number of hydrogen-bond donors (Lipinski definition) is 0. The smallest absolute Gasteiger partial charge is 0.0474 e. The molecular formula is C14H22N2. The molecule has 0 spiro atoms. The van der Waals surface area contributed by atoms with Crippen molar-refractivity contribution in [2.75, 3.05) is 20.6 Å². The Labute approximate surface area is 98.2 Å². The average molecular weight is 218 g/mol. The maximum atomic E-state index is 4.04. The first-order chi connectivity index (χ1) is 7.65. The summed E-state index contributed by atoms with van der Waals surface area (Å²) < 4.78 is 2.27. The van der Waals surface area contributed by atoms with Gasteiger partial charge in [-0.05, 0) is 51.3 Å². The fourth-order valence-electron chi connectivity index (χ4n) is 1.67. The summed E-state index contributed by atoms with van der Waals surface area (Å²) in [7, 11) is 4.21. The Morgan fingerprint density at radius 1 is 1.44 bits per heavy atom. The van der Waals surface area contributed by atoms with Crippen LogP contribution in [0.3, 0.4) is 0 Å². The summed E-state index contributed by atoms with van der Waals surface area (Å²) in [6, 6.07) is 2.07. The standard InChI is InChI=1S/C14H22N2/c1-5-6-8-14-13(2)9-12-16(14)11-7-10-15(3)4/h5-6,8-9,12H,2,7,10-11H2,1,3-4H3/b6-5-,14-8+. The number of nitrogens with zero attached hydrogens (tertiary/aromatic N) is 2. The van der Waals surface area contributed by atoms with Crippen molar-refractivity contribution in [3.05, 3.63) is 35.0 Å². The van der Waals surface area contributed by atoms with E-state index in [4.69, 9.17) is 0 Å². The first-order valence-electron chi connectivity index (χ1n) is 5.77. The SMILES string of the molecule is C=c1ccn(CCCN(C)C)/c1=C/C=C\C. The molecular weight excluding hydrogens is 196 g/mol. The van der Waals surface area contributed by atoms with Crippen LogP contribution in [-0.2, 0) is 6.54 Å². The Kier molecular flexibility index (Phi) is 5.06. The molecule has 0 saturated carbocycles. The van der Waals surface area contributed by atoms with Crippen molar-refractivity contribution in [3.63, 3.8) is 0 Å². The van der Waals surface area contributed by atoms with E-state index in [1.54, 1.807) is 0 Å². The third kappa shape index (κ3) is 3.70. The van der Waals surface area contributed by atoms with Crippen LogP contribution in [-0.4, -0.2) is 30.1 Å². The Balaban J connectivity index is 2.77. The third-order valence-corrected chi connectivity index (χ3v) is 2.54. The van der Waals surface area contributed by atoms with Crippen molar-refractivity contribution >= 4 is 12.7 Å². The molecule has 0 amide bonds. The summed E-state index contributed by atoms with van der Waals surface area (Å²) in [6.07, 6.45) is 9.51. The van der Waals surface area contributed by atoms with Crippen molar-refractivity contribution in [3.8, 4) is 0 Å². The predicted octanol–water partition coefficient (Wildman–Crippen LogP) is 1.21. The zero-order valence-electron chi connectivity index (χ0n) is 10.6. The fourth-order valence-corrected chi connectivity index (χ4v) is 1.67. The molecule has 2 nitrogen and oxygen atoms in total. The Bertz CT molecular complexity index is 438. The topological polar surface area (TPSA) is 8.17 Å². The molecule has 1 heterocycles. The molecule has 1 aromatic rings. The maximum Gasteiger partial charge on any atom is 0.0474 e. The first kappa shape index (κ1) is 12.8. The van der Waals surface area contributed by atoms with Gasteiger partial charge in [0, 0.05) is 18.1 Å². The molecule has 0 bridgehead atoms. The minimum absolute atomic E-state index is 1.05. The molecule has 0 atom stereocenters. The van der Waals surface area contributed by atoms with E-state index in [-0.39, 0.29) is 0 Å². The summed E-state index contributed by atoms with van der Waals surface area (Å²) in [5.41, 5.74) is 0. The Morgan fingerprint density at radius 2 is 2.19 bits per heavy atom. The highest BCUT2D eigenvalue weighted by atomic mass is 15.1. The molecule has 0 aromatic carbocycles. The largest absolute Gasteiger partial charge is 0.347 e. The highest BCUT2D eigenvalue weighted by molar-refractivity contribution is 5.35. The lowest BCUT2D eigenvalue weighted by atomic mass is 10.3. The molecule has 1 rings (SSSR count). The van der Waals surface area contributed by atoms with E-state index in [0.717, 1.165) is 24.7 Å². The number of allylic oxidation sites excluding steroid dienone is 2. The molecule has 0 N–H and O–H groups in total. The Morgan fingerprint density at radius 3 is 2.81 bits per heavy atom. The van der Waals surface area contributed by atoms with Gasteiger partial charge in [0.15, 0.2) is 0 Å². The van der Waals surface area contributed by atoms with Gasteiger partial charge in [0.2, 0.25) is 0 Å². The van der Waals surface area contributed by atoms with Gasteiger partial charge >= 0.3 is 0 Å². The first-order valence-corrected chi connectivity index (χ1v) is 5.77. The van der Waals surface area contributed by atoms with Crippen LogP contribution < -0.4 is 10.6 Å². The van der Waals surface area contributed by atoms with Crippen LogP contribution in [0.1, 0.15) is 13.3 Å². The monoisotopic (exact) mass is 218 g/mol. The van der Waals surface area contributed by atoms with E-state index in [1.165, 1.54) is 5.35 Å². The molecule has 0 unspecified atom stereocenters. The second kappa shape index (κ2) is 6.33. The summed E-state index contributed by atoms with van der Waals surface area (Å²) in [4.78, 5) is 2.21. The predicted molar refractivity (Wildman–Crippen MR) is 71.7 cm³/mol. The second-order valence-corrected chi connectivity index (χ2v) is 4.27. The van der Waals surface area contributed by atoms with Gasteiger partial charge in [0.05, 0.1) is 0 Å². The lowest BCUT2D eigenvalue weighted by molar-refractivity contribution is 0.385. The van der Waals surface area contributed by atoms with Gasteiger partial charge in [0.1, 0.15) is 0 Å². The summed E-state index contributed by atoms with van der Waals surface area (Å²) in [5, 5.41) is 2.32. The van der Waals surface area contributed by atoms with E-state index in [1.807, 2.05) is 13.0 Å². The van der Waals surface area contributed by atoms with Gasteiger partial charge in [-0.15, -0.1) is 0 Å². The van der Waals surface area contributed by atoms with E-state index in [9.17, 15) is 0 Å². The molecule has 1 aromatic heterocycles. The van der Waals surface area contributed by atoms with E-state index in [0.29, 0.717) is 0 Å². The van der Waals surface area contributed by atoms with Crippen LogP contribution in [0, 0.1) is 0 Å². The molecule has 2 heteroatoms. The molecule has 0 aliphatic rings. The van der Waals surface area contributed by atoms with Gasteiger partial charge in [-0.25, -0.2) is 0 Å². The van der Waals surface area contributed by atoms with Crippen LogP contribution in [0.15, 0.2) is 24.4 Å². The number of aromatic nitrogens is 1. The summed E-state index contributed by atoms with van der Waals surface area (Å²) >= 11 is 0. The molecule has 0 aliphatic carbocycles. The van der Waals surface area contributed by atoms with Crippen LogP contribution in [0.4, 0.5) is 0 Å². The quantitative estimate of drug-likeness (QED) is 0.721. The lowest BCUT2D eigenvalue weighted by Gasteiger charge is -2.09. The van der Waals surface area contributed by atoms with Crippen molar-refractivity contribution in [2.24, 2.45) is 0 Å². The number of rotatable bonds is 5. The zero-order valence-corrected chi connectivity index (χ0v) is 10.6.